The van der Waals surface area contributed by atoms with Crippen LogP contribution in [-0.2, 0) is 0 Å². The average Bonchev–Trinajstić information content (AvgIpc) is 2.68. The zero-order valence-electron chi connectivity index (χ0n) is 15.0. The van der Waals surface area contributed by atoms with E-state index >= 15 is 0 Å². The number of nitrogens with one attached hydrogen (secondary N) is 1. The minimum absolute atomic E-state index is 0.00379. The van der Waals surface area contributed by atoms with Gasteiger partial charge in [-0.2, -0.15) is 0 Å². The van der Waals surface area contributed by atoms with Crippen molar-refractivity contribution in [3.05, 3.63) is 59.4 Å². The third kappa shape index (κ3) is 4.31. The number of anilines is 1. The summed E-state index contributed by atoms with van der Waals surface area (Å²) in [5.41, 5.74) is 0.898. The summed E-state index contributed by atoms with van der Waals surface area (Å²) in [5.74, 6) is -1.71. The second-order valence-corrected chi connectivity index (χ2v) is 6.59. The Kier molecular flexibility index (Phi) is 5.49. The van der Waals surface area contributed by atoms with Crippen LogP contribution < -0.4 is 5.32 Å². The summed E-state index contributed by atoms with van der Waals surface area (Å²) in [6.07, 6.45) is 3.18. The molecule has 1 saturated heterocycles. The molecule has 1 aromatic heterocycles. The number of piperidine rings is 1. The van der Waals surface area contributed by atoms with Gasteiger partial charge in [0.15, 0.2) is 0 Å². The third-order valence-electron chi connectivity index (χ3n) is 4.65. The molecule has 27 heavy (non-hydrogen) atoms. The van der Waals surface area contributed by atoms with Crippen LogP contribution in [0.25, 0.3) is 0 Å². The second-order valence-electron chi connectivity index (χ2n) is 6.59. The normalized spacial score (nSPS) is 16.6. The molecule has 0 aliphatic carbocycles. The Bertz CT molecular complexity index is 864. The molecule has 0 radical (unpaired) electrons. The number of amides is 2. The molecule has 0 saturated carbocycles. The fraction of sp³-hybridized carbons (Fsp3) is 0.300. The first-order chi connectivity index (χ1) is 13.0. The molecule has 1 aromatic carbocycles. The van der Waals surface area contributed by atoms with Crippen molar-refractivity contribution >= 4 is 23.5 Å². The van der Waals surface area contributed by atoms with Crippen LogP contribution in [0.3, 0.4) is 0 Å². The van der Waals surface area contributed by atoms with Gasteiger partial charge in [-0.05, 0) is 62.6 Å². The first kappa shape index (κ1) is 18.6. The van der Waals surface area contributed by atoms with Gasteiger partial charge in [-0.1, -0.05) is 6.07 Å². The molecule has 0 spiro atoms. The number of carboxylic acids is 1. The van der Waals surface area contributed by atoms with Crippen LogP contribution in [0.2, 0.25) is 0 Å². The number of rotatable bonds is 4. The van der Waals surface area contributed by atoms with Crippen LogP contribution in [0.1, 0.15) is 57.5 Å². The van der Waals surface area contributed by atoms with E-state index in [9.17, 15) is 14.4 Å². The molecule has 140 valence electrons. The van der Waals surface area contributed by atoms with E-state index in [1.807, 2.05) is 4.90 Å². The number of aromatic nitrogens is 1. The first-order valence-electron chi connectivity index (χ1n) is 8.88. The summed E-state index contributed by atoms with van der Waals surface area (Å²) in [7, 11) is 0. The Hall–Kier alpha value is -3.22. The fourth-order valence-electron chi connectivity index (χ4n) is 3.14. The molecule has 3 rings (SSSR count). The van der Waals surface area contributed by atoms with Gasteiger partial charge in [0.2, 0.25) is 0 Å². The van der Waals surface area contributed by atoms with Crippen LogP contribution in [0.5, 0.6) is 0 Å². The van der Waals surface area contributed by atoms with Gasteiger partial charge in [0.05, 0.1) is 0 Å². The summed E-state index contributed by atoms with van der Waals surface area (Å²) < 4.78 is 0. The van der Waals surface area contributed by atoms with E-state index in [-0.39, 0.29) is 23.3 Å². The lowest BCUT2D eigenvalue weighted by atomic mass is 10.0. The largest absolute Gasteiger partial charge is 0.477 e. The number of carbonyl (C=O) groups excluding carboxylic acids is 2. The number of aromatic carboxylic acids is 1. The highest BCUT2D eigenvalue weighted by Crippen LogP contribution is 2.20. The maximum atomic E-state index is 12.6. The smallest absolute Gasteiger partial charge is 0.354 e. The van der Waals surface area contributed by atoms with Gasteiger partial charge in [-0.3, -0.25) is 9.59 Å². The predicted octanol–water partition coefficient (Wildman–Crippen LogP) is 3.05. The first-order valence-corrected chi connectivity index (χ1v) is 8.88. The molecule has 2 heterocycles. The van der Waals surface area contributed by atoms with Gasteiger partial charge < -0.3 is 15.3 Å². The molecule has 2 amide bonds. The molecule has 0 bridgehead atoms. The monoisotopic (exact) mass is 367 g/mol. The minimum Gasteiger partial charge on any atom is -0.477 e. The number of hydrogen-bond donors (Lipinski definition) is 2. The zero-order valence-corrected chi connectivity index (χ0v) is 15.0. The van der Waals surface area contributed by atoms with Crippen LogP contribution >= 0.6 is 0 Å². The Morgan fingerprint density at radius 2 is 1.78 bits per heavy atom. The summed E-state index contributed by atoms with van der Waals surface area (Å²) in [4.78, 5) is 41.6. The van der Waals surface area contributed by atoms with Crippen molar-refractivity contribution in [2.24, 2.45) is 0 Å². The molecule has 1 aliphatic heterocycles. The average molecular weight is 367 g/mol. The maximum Gasteiger partial charge on any atom is 0.354 e. The summed E-state index contributed by atoms with van der Waals surface area (Å²) in [6, 6.07) is 11.1. The zero-order chi connectivity index (χ0) is 19.4. The van der Waals surface area contributed by atoms with Crippen LogP contribution in [0.15, 0.2) is 42.5 Å². The SMILES string of the molecule is C[C@H]1CCCCN1C(=O)c1ccc(NC(=O)c2cccc(C(=O)O)n2)cc1. The Balaban J connectivity index is 1.68. The highest BCUT2D eigenvalue weighted by Gasteiger charge is 2.24. The number of likely N-dealkylation sites (tertiary alicyclic amines) is 1. The van der Waals surface area contributed by atoms with Gasteiger partial charge in [0.1, 0.15) is 11.4 Å². The van der Waals surface area contributed by atoms with Gasteiger partial charge in [-0.25, -0.2) is 9.78 Å². The molecule has 0 unspecified atom stereocenters. The van der Waals surface area contributed by atoms with Gasteiger partial charge in [0, 0.05) is 23.8 Å². The van der Waals surface area contributed by atoms with Crippen molar-refractivity contribution in [3.63, 3.8) is 0 Å². The van der Waals surface area contributed by atoms with Gasteiger partial charge >= 0.3 is 5.97 Å². The van der Waals surface area contributed by atoms with Crippen LogP contribution in [0, 0.1) is 0 Å². The molecule has 2 aromatic rings. The van der Waals surface area contributed by atoms with E-state index in [0.29, 0.717) is 11.3 Å². The van der Waals surface area contributed by atoms with E-state index in [1.165, 1.54) is 18.2 Å². The van der Waals surface area contributed by atoms with Crippen LogP contribution in [-0.4, -0.2) is 45.4 Å². The van der Waals surface area contributed by atoms with Crippen molar-refractivity contribution < 1.29 is 19.5 Å². The summed E-state index contributed by atoms with van der Waals surface area (Å²) in [6.45, 7) is 2.83. The predicted molar refractivity (Wildman–Crippen MR) is 99.9 cm³/mol. The van der Waals surface area contributed by atoms with Crippen LogP contribution in [0.4, 0.5) is 5.69 Å². The standard InChI is InChI=1S/C20H21N3O4/c1-13-5-2-3-12-23(13)19(25)14-8-10-15(11-9-14)21-18(24)16-6-4-7-17(22-16)20(26)27/h4,6-11,13H,2-3,5,12H2,1H3,(H,21,24)(H,26,27)/t13-/m0/s1. The highest BCUT2D eigenvalue weighted by atomic mass is 16.4. The topological polar surface area (TPSA) is 99.6 Å². The van der Waals surface area contributed by atoms with Gasteiger partial charge in [-0.15, -0.1) is 0 Å². The Labute approximate surface area is 157 Å². The number of nitrogens with zero attached hydrogens (tertiary/aromatic N) is 2. The molecule has 1 aliphatic rings. The summed E-state index contributed by atoms with van der Waals surface area (Å²) in [5, 5.41) is 11.6. The highest BCUT2D eigenvalue weighted by molar-refractivity contribution is 6.04. The van der Waals surface area contributed by atoms with Crippen molar-refractivity contribution in [1.82, 2.24) is 9.88 Å². The molecule has 7 nitrogen and oxygen atoms in total. The molecule has 2 N–H and O–H groups in total. The van der Waals surface area contributed by atoms with E-state index < -0.39 is 11.9 Å². The molecular weight excluding hydrogens is 346 g/mol. The molecule has 1 atom stereocenters. The quantitative estimate of drug-likeness (QED) is 0.865. The fourth-order valence-corrected chi connectivity index (χ4v) is 3.14. The number of hydrogen-bond acceptors (Lipinski definition) is 4. The lowest BCUT2D eigenvalue weighted by Crippen LogP contribution is -2.42. The second kappa shape index (κ2) is 7.99. The van der Waals surface area contributed by atoms with E-state index in [4.69, 9.17) is 5.11 Å². The van der Waals surface area contributed by atoms with Crippen molar-refractivity contribution in [1.29, 1.82) is 0 Å². The third-order valence-corrected chi connectivity index (χ3v) is 4.65. The van der Waals surface area contributed by atoms with Crippen molar-refractivity contribution in [2.45, 2.75) is 32.2 Å². The van der Waals surface area contributed by atoms with E-state index in [2.05, 4.69) is 17.2 Å². The van der Waals surface area contributed by atoms with E-state index in [0.717, 1.165) is 25.8 Å². The molecule has 7 heteroatoms. The lowest BCUT2D eigenvalue weighted by molar-refractivity contribution is 0.0634. The molecular formula is C20H21N3O4. The minimum atomic E-state index is -1.19. The number of benzene rings is 1. The van der Waals surface area contributed by atoms with Crippen molar-refractivity contribution in [2.75, 3.05) is 11.9 Å². The maximum absolute atomic E-state index is 12.6. The van der Waals surface area contributed by atoms with Crippen molar-refractivity contribution in [3.8, 4) is 0 Å². The number of pyridine rings is 1. The van der Waals surface area contributed by atoms with Gasteiger partial charge in [0.25, 0.3) is 11.8 Å². The molecule has 1 fully saturated rings. The Morgan fingerprint density at radius 1 is 1.07 bits per heavy atom. The number of carbonyl (C=O) groups is 3. The lowest BCUT2D eigenvalue weighted by Gasteiger charge is -2.33. The number of carboxylic acid groups (broad SMARTS) is 1. The summed E-state index contributed by atoms with van der Waals surface area (Å²) >= 11 is 0. The Morgan fingerprint density at radius 3 is 2.44 bits per heavy atom. The van der Waals surface area contributed by atoms with E-state index in [1.54, 1.807) is 24.3 Å².